The van der Waals surface area contributed by atoms with Crippen LogP contribution in [0.4, 0.5) is 0 Å². The zero-order valence-electron chi connectivity index (χ0n) is 13.9. The Morgan fingerprint density at radius 3 is 2.48 bits per heavy atom. The minimum Gasteiger partial charge on any atom is -0.298 e. The maximum Gasteiger partial charge on any atom is 0.0240 e. The van der Waals surface area contributed by atoms with Crippen molar-refractivity contribution in [2.45, 2.75) is 13.5 Å². The molecule has 23 heavy (non-hydrogen) atoms. The van der Waals surface area contributed by atoms with Crippen molar-refractivity contribution in [2.24, 2.45) is 0 Å². The number of aryl methyl sites for hydroxylation is 1. The maximum atomic E-state index is 2.34. The van der Waals surface area contributed by atoms with E-state index in [1.165, 1.54) is 27.5 Å². The van der Waals surface area contributed by atoms with Gasteiger partial charge < -0.3 is 0 Å². The Labute approximate surface area is 138 Å². The molecule has 0 heterocycles. The van der Waals surface area contributed by atoms with E-state index in [-0.39, 0.29) is 0 Å². The van der Waals surface area contributed by atoms with Gasteiger partial charge in [0, 0.05) is 13.1 Å². The van der Waals surface area contributed by atoms with Crippen LogP contribution < -0.4 is 0 Å². The molecule has 0 aliphatic carbocycles. The molecule has 3 aromatic carbocycles. The summed E-state index contributed by atoms with van der Waals surface area (Å²) in [7, 11) is 2.17. The van der Waals surface area contributed by atoms with E-state index in [1.807, 2.05) is 0 Å². The van der Waals surface area contributed by atoms with Crippen LogP contribution in [0.15, 0.2) is 72.8 Å². The number of benzene rings is 3. The van der Waals surface area contributed by atoms with Crippen LogP contribution in [0.1, 0.15) is 16.7 Å². The molecular formula is C22H23N. The fourth-order valence-electron chi connectivity index (χ4n) is 2.92. The number of nitrogens with zero attached hydrogens (tertiary/aromatic N) is 1. The van der Waals surface area contributed by atoms with E-state index in [9.17, 15) is 0 Å². The average molecular weight is 301 g/mol. The van der Waals surface area contributed by atoms with Gasteiger partial charge in [-0.05, 0) is 41.4 Å². The van der Waals surface area contributed by atoms with Crippen LogP contribution in [0.3, 0.4) is 0 Å². The van der Waals surface area contributed by atoms with Crippen LogP contribution in [-0.2, 0) is 6.54 Å². The van der Waals surface area contributed by atoms with Crippen molar-refractivity contribution in [3.8, 4) is 0 Å². The van der Waals surface area contributed by atoms with Gasteiger partial charge in [0.05, 0.1) is 0 Å². The molecule has 1 heteroatoms. The largest absolute Gasteiger partial charge is 0.298 e. The van der Waals surface area contributed by atoms with Crippen LogP contribution in [0.5, 0.6) is 0 Å². The molecule has 0 aliphatic rings. The molecule has 0 fully saturated rings. The highest BCUT2D eigenvalue weighted by atomic mass is 15.1. The Kier molecular flexibility index (Phi) is 4.89. The average Bonchev–Trinajstić information content (AvgIpc) is 2.57. The Morgan fingerprint density at radius 2 is 1.61 bits per heavy atom. The van der Waals surface area contributed by atoms with Crippen LogP contribution in [0.25, 0.3) is 16.8 Å². The van der Waals surface area contributed by atoms with E-state index in [4.69, 9.17) is 0 Å². The monoisotopic (exact) mass is 301 g/mol. The lowest BCUT2D eigenvalue weighted by Gasteiger charge is -2.16. The predicted octanol–water partition coefficient (Wildman–Crippen LogP) is 5.29. The summed E-state index contributed by atoms with van der Waals surface area (Å²) >= 11 is 0. The van der Waals surface area contributed by atoms with Gasteiger partial charge in [-0.2, -0.15) is 0 Å². The molecule has 116 valence electrons. The molecule has 0 atom stereocenters. The van der Waals surface area contributed by atoms with Gasteiger partial charge in [-0.25, -0.2) is 0 Å². The summed E-state index contributed by atoms with van der Waals surface area (Å²) in [5.74, 6) is 0. The summed E-state index contributed by atoms with van der Waals surface area (Å²) < 4.78 is 0. The molecule has 0 saturated heterocycles. The van der Waals surface area contributed by atoms with Gasteiger partial charge in [0.15, 0.2) is 0 Å². The number of rotatable bonds is 5. The molecule has 0 bridgehead atoms. The first-order chi connectivity index (χ1) is 11.2. The van der Waals surface area contributed by atoms with E-state index < -0.39 is 0 Å². The van der Waals surface area contributed by atoms with E-state index in [0.29, 0.717) is 0 Å². The van der Waals surface area contributed by atoms with E-state index >= 15 is 0 Å². The van der Waals surface area contributed by atoms with Crippen molar-refractivity contribution in [1.29, 1.82) is 0 Å². The van der Waals surface area contributed by atoms with Crippen molar-refractivity contribution < 1.29 is 0 Å². The first kappa shape index (κ1) is 15.5. The number of hydrogen-bond donors (Lipinski definition) is 0. The molecule has 0 aliphatic heterocycles. The lowest BCUT2D eigenvalue weighted by molar-refractivity contribution is 0.365. The Bertz CT molecular complexity index is 812. The van der Waals surface area contributed by atoms with Crippen molar-refractivity contribution in [2.75, 3.05) is 13.6 Å². The Balaban J connectivity index is 1.67. The van der Waals surface area contributed by atoms with Crippen molar-refractivity contribution in [3.05, 3.63) is 89.5 Å². The van der Waals surface area contributed by atoms with E-state index in [1.54, 1.807) is 0 Å². The van der Waals surface area contributed by atoms with Gasteiger partial charge in [0.2, 0.25) is 0 Å². The molecule has 0 saturated carbocycles. The normalized spacial score (nSPS) is 11.6. The number of hydrogen-bond acceptors (Lipinski definition) is 1. The predicted molar refractivity (Wildman–Crippen MR) is 100 cm³/mol. The molecule has 0 unspecified atom stereocenters. The SMILES string of the molecule is Cc1ccccc1/C=C/CN(C)Cc1cccc2ccccc12. The molecular weight excluding hydrogens is 278 g/mol. The molecule has 0 spiro atoms. The first-order valence-corrected chi connectivity index (χ1v) is 8.11. The second kappa shape index (κ2) is 7.26. The highest BCUT2D eigenvalue weighted by Gasteiger charge is 2.03. The van der Waals surface area contributed by atoms with Crippen molar-refractivity contribution in [3.63, 3.8) is 0 Å². The van der Waals surface area contributed by atoms with Crippen LogP contribution in [-0.4, -0.2) is 18.5 Å². The Hall–Kier alpha value is -2.38. The summed E-state index contributed by atoms with van der Waals surface area (Å²) in [6.45, 7) is 4.05. The molecule has 3 aromatic rings. The third kappa shape index (κ3) is 3.88. The third-order valence-electron chi connectivity index (χ3n) is 4.22. The van der Waals surface area contributed by atoms with Gasteiger partial charge in [-0.3, -0.25) is 4.90 Å². The number of likely N-dealkylation sites (N-methyl/N-ethyl adjacent to an activating group) is 1. The van der Waals surface area contributed by atoms with Crippen molar-refractivity contribution >= 4 is 16.8 Å². The second-order valence-electron chi connectivity index (χ2n) is 6.09. The van der Waals surface area contributed by atoms with Gasteiger partial charge in [-0.1, -0.05) is 78.9 Å². The zero-order chi connectivity index (χ0) is 16.1. The molecule has 0 aromatic heterocycles. The van der Waals surface area contributed by atoms with E-state index in [0.717, 1.165) is 13.1 Å². The van der Waals surface area contributed by atoms with Gasteiger partial charge in [0.1, 0.15) is 0 Å². The summed E-state index contributed by atoms with van der Waals surface area (Å²) in [5.41, 5.74) is 4.00. The topological polar surface area (TPSA) is 3.24 Å². The summed E-state index contributed by atoms with van der Waals surface area (Å²) in [5, 5.41) is 2.67. The first-order valence-electron chi connectivity index (χ1n) is 8.11. The van der Waals surface area contributed by atoms with Crippen molar-refractivity contribution in [1.82, 2.24) is 4.90 Å². The fraction of sp³-hybridized carbons (Fsp3) is 0.182. The van der Waals surface area contributed by atoms with E-state index in [2.05, 4.69) is 97.8 Å². The quantitative estimate of drug-likeness (QED) is 0.618. The summed E-state index contributed by atoms with van der Waals surface area (Å²) in [6.07, 6.45) is 4.46. The van der Waals surface area contributed by atoms with Gasteiger partial charge in [-0.15, -0.1) is 0 Å². The lowest BCUT2D eigenvalue weighted by Crippen LogP contribution is -2.17. The minimum absolute atomic E-state index is 0.942. The smallest absolute Gasteiger partial charge is 0.0240 e. The maximum absolute atomic E-state index is 2.34. The second-order valence-corrected chi connectivity index (χ2v) is 6.09. The van der Waals surface area contributed by atoms with Gasteiger partial charge >= 0.3 is 0 Å². The van der Waals surface area contributed by atoms with Crippen LogP contribution in [0, 0.1) is 6.92 Å². The fourth-order valence-corrected chi connectivity index (χ4v) is 2.92. The highest BCUT2D eigenvalue weighted by molar-refractivity contribution is 5.85. The van der Waals surface area contributed by atoms with Gasteiger partial charge in [0.25, 0.3) is 0 Å². The Morgan fingerprint density at radius 1 is 0.870 bits per heavy atom. The number of fused-ring (bicyclic) bond motifs is 1. The molecule has 3 rings (SSSR count). The molecule has 0 N–H and O–H groups in total. The summed E-state index contributed by atoms with van der Waals surface area (Å²) in [4.78, 5) is 2.34. The molecule has 1 nitrogen and oxygen atoms in total. The third-order valence-corrected chi connectivity index (χ3v) is 4.22. The minimum atomic E-state index is 0.942. The summed E-state index contributed by atoms with van der Waals surface area (Å²) in [6, 6.07) is 23.6. The molecule has 0 radical (unpaired) electrons. The van der Waals surface area contributed by atoms with Crippen LogP contribution >= 0.6 is 0 Å². The van der Waals surface area contributed by atoms with Crippen LogP contribution in [0.2, 0.25) is 0 Å². The molecule has 0 amide bonds. The lowest BCUT2D eigenvalue weighted by atomic mass is 10.0. The highest BCUT2D eigenvalue weighted by Crippen LogP contribution is 2.19. The standard InChI is InChI=1S/C22H23N/c1-18-9-3-4-10-19(18)14-8-16-23(2)17-21-13-7-12-20-11-5-6-15-22(20)21/h3-15H,16-17H2,1-2H3/b14-8+. The zero-order valence-corrected chi connectivity index (χ0v) is 13.9.